The summed E-state index contributed by atoms with van der Waals surface area (Å²) < 4.78 is 5.17. The van der Waals surface area contributed by atoms with Crippen LogP contribution in [0.3, 0.4) is 0 Å². The molecule has 0 bridgehead atoms. The molecule has 1 aromatic rings. The molecule has 0 fully saturated rings. The topological polar surface area (TPSA) is 72.5 Å². The molecule has 0 spiro atoms. The molecule has 82 valence electrons. The SMILES string of the molecule is COc1cnccc1C(=NC(C)C)NN. The Hall–Kier alpha value is -1.62. The molecule has 5 heteroatoms. The van der Waals surface area contributed by atoms with E-state index in [4.69, 9.17) is 10.6 Å². The van der Waals surface area contributed by atoms with Gasteiger partial charge in [-0.05, 0) is 19.9 Å². The lowest BCUT2D eigenvalue weighted by Gasteiger charge is -2.11. The third kappa shape index (κ3) is 2.92. The second-order valence-electron chi connectivity index (χ2n) is 3.29. The number of nitrogens with zero attached hydrogens (tertiary/aromatic N) is 2. The molecule has 0 amide bonds. The van der Waals surface area contributed by atoms with Gasteiger partial charge in [-0.2, -0.15) is 0 Å². The number of nitrogens with two attached hydrogens (primary N) is 1. The van der Waals surface area contributed by atoms with Crippen LogP contribution < -0.4 is 16.0 Å². The number of aromatic nitrogens is 1. The summed E-state index contributed by atoms with van der Waals surface area (Å²) in [6.07, 6.45) is 3.30. The Kier molecular flexibility index (Phi) is 4.05. The number of nitrogens with one attached hydrogen (secondary N) is 1. The molecular formula is C10H16N4O. The van der Waals surface area contributed by atoms with E-state index in [0.717, 1.165) is 5.56 Å². The third-order valence-corrected chi connectivity index (χ3v) is 1.78. The van der Waals surface area contributed by atoms with Crippen LogP contribution in [-0.2, 0) is 0 Å². The lowest BCUT2D eigenvalue weighted by molar-refractivity contribution is 0.411. The van der Waals surface area contributed by atoms with E-state index in [0.29, 0.717) is 11.6 Å². The first-order valence-electron chi connectivity index (χ1n) is 4.71. The molecule has 0 radical (unpaired) electrons. The van der Waals surface area contributed by atoms with Crippen LogP contribution in [0.4, 0.5) is 0 Å². The smallest absolute Gasteiger partial charge is 0.148 e. The summed E-state index contributed by atoms with van der Waals surface area (Å²) in [6, 6.07) is 1.97. The van der Waals surface area contributed by atoms with Crippen LogP contribution in [-0.4, -0.2) is 24.0 Å². The van der Waals surface area contributed by atoms with Crippen molar-refractivity contribution in [2.75, 3.05) is 7.11 Å². The van der Waals surface area contributed by atoms with Crippen molar-refractivity contribution in [1.82, 2.24) is 10.4 Å². The van der Waals surface area contributed by atoms with E-state index in [-0.39, 0.29) is 6.04 Å². The Bertz CT molecular complexity index is 349. The third-order valence-electron chi connectivity index (χ3n) is 1.78. The highest BCUT2D eigenvalue weighted by atomic mass is 16.5. The number of hydrogen-bond acceptors (Lipinski definition) is 4. The van der Waals surface area contributed by atoms with Gasteiger partial charge in [0.2, 0.25) is 0 Å². The molecule has 0 aliphatic rings. The number of rotatable bonds is 3. The van der Waals surface area contributed by atoms with E-state index in [1.54, 1.807) is 25.6 Å². The summed E-state index contributed by atoms with van der Waals surface area (Å²) >= 11 is 0. The van der Waals surface area contributed by atoms with E-state index in [1.807, 2.05) is 13.8 Å². The first kappa shape index (κ1) is 11.5. The van der Waals surface area contributed by atoms with Crippen LogP contribution in [0.25, 0.3) is 0 Å². The maximum Gasteiger partial charge on any atom is 0.148 e. The Morgan fingerprint density at radius 2 is 2.33 bits per heavy atom. The predicted octanol–water partition coefficient (Wildman–Crippen LogP) is 0.709. The monoisotopic (exact) mass is 208 g/mol. The van der Waals surface area contributed by atoms with Crippen molar-refractivity contribution in [3.05, 3.63) is 24.0 Å². The van der Waals surface area contributed by atoms with Crippen LogP contribution in [0.1, 0.15) is 19.4 Å². The molecule has 0 saturated carbocycles. The van der Waals surface area contributed by atoms with Gasteiger partial charge in [0.1, 0.15) is 11.6 Å². The molecule has 1 aromatic heterocycles. The van der Waals surface area contributed by atoms with E-state index in [2.05, 4.69) is 15.4 Å². The summed E-state index contributed by atoms with van der Waals surface area (Å²) in [5.74, 6) is 6.67. The fourth-order valence-corrected chi connectivity index (χ4v) is 1.18. The van der Waals surface area contributed by atoms with Gasteiger partial charge in [0.15, 0.2) is 0 Å². The van der Waals surface area contributed by atoms with Crippen LogP contribution in [0.2, 0.25) is 0 Å². The molecule has 5 nitrogen and oxygen atoms in total. The van der Waals surface area contributed by atoms with Crippen LogP contribution in [0, 0.1) is 0 Å². The summed E-state index contributed by atoms with van der Waals surface area (Å²) in [6.45, 7) is 3.95. The number of aliphatic imine (C=N–C) groups is 1. The summed E-state index contributed by atoms with van der Waals surface area (Å²) in [4.78, 5) is 8.31. The molecule has 0 unspecified atom stereocenters. The van der Waals surface area contributed by atoms with Gasteiger partial charge in [0.05, 0.1) is 18.9 Å². The Morgan fingerprint density at radius 1 is 1.60 bits per heavy atom. The highest BCUT2D eigenvalue weighted by molar-refractivity contribution is 6.00. The molecule has 15 heavy (non-hydrogen) atoms. The number of methoxy groups -OCH3 is 1. The highest BCUT2D eigenvalue weighted by Crippen LogP contribution is 2.15. The minimum Gasteiger partial charge on any atom is -0.494 e. The zero-order valence-electron chi connectivity index (χ0n) is 9.19. The van der Waals surface area contributed by atoms with Crippen molar-refractivity contribution in [3.8, 4) is 5.75 Å². The van der Waals surface area contributed by atoms with E-state index >= 15 is 0 Å². The lowest BCUT2D eigenvalue weighted by Crippen LogP contribution is -2.32. The van der Waals surface area contributed by atoms with Gasteiger partial charge >= 0.3 is 0 Å². The maximum absolute atomic E-state index is 5.42. The fraction of sp³-hybridized carbons (Fsp3) is 0.400. The quantitative estimate of drug-likeness (QED) is 0.332. The summed E-state index contributed by atoms with van der Waals surface area (Å²) in [7, 11) is 1.59. The Balaban J connectivity index is 3.12. The van der Waals surface area contributed by atoms with Crippen LogP contribution in [0.5, 0.6) is 5.75 Å². The molecular weight excluding hydrogens is 192 g/mol. The summed E-state index contributed by atoms with van der Waals surface area (Å²) in [5.41, 5.74) is 3.38. The minimum atomic E-state index is 0.161. The molecule has 0 aliphatic heterocycles. The molecule has 0 atom stereocenters. The highest BCUT2D eigenvalue weighted by Gasteiger charge is 2.08. The van der Waals surface area contributed by atoms with Gasteiger partial charge in [-0.15, -0.1) is 0 Å². The summed E-state index contributed by atoms with van der Waals surface area (Å²) in [5, 5.41) is 0. The zero-order chi connectivity index (χ0) is 11.3. The minimum absolute atomic E-state index is 0.161. The van der Waals surface area contributed by atoms with Crippen molar-refractivity contribution >= 4 is 5.84 Å². The average molecular weight is 208 g/mol. The lowest BCUT2D eigenvalue weighted by atomic mass is 10.2. The predicted molar refractivity (Wildman–Crippen MR) is 59.8 cm³/mol. The van der Waals surface area contributed by atoms with Gasteiger partial charge < -0.3 is 10.2 Å². The molecule has 3 N–H and O–H groups in total. The average Bonchev–Trinajstić information content (AvgIpc) is 2.25. The van der Waals surface area contributed by atoms with Crippen molar-refractivity contribution in [2.45, 2.75) is 19.9 Å². The second-order valence-corrected chi connectivity index (χ2v) is 3.29. The number of hydrogen-bond donors (Lipinski definition) is 2. The van der Waals surface area contributed by atoms with Gasteiger partial charge in [0.25, 0.3) is 0 Å². The van der Waals surface area contributed by atoms with Crippen LogP contribution >= 0.6 is 0 Å². The van der Waals surface area contributed by atoms with Gasteiger partial charge in [0, 0.05) is 12.2 Å². The zero-order valence-corrected chi connectivity index (χ0v) is 9.19. The molecule has 1 rings (SSSR count). The molecule has 0 saturated heterocycles. The van der Waals surface area contributed by atoms with Gasteiger partial charge in [-0.1, -0.05) is 0 Å². The number of pyridine rings is 1. The van der Waals surface area contributed by atoms with Crippen LogP contribution in [0.15, 0.2) is 23.5 Å². The Morgan fingerprint density at radius 3 is 2.87 bits per heavy atom. The first-order valence-corrected chi connectivity index (χ1v) is 4.71. The van der Waals surface area contributed by atoms with Gasteiger partial charge in [-0.3, -0.25) is 9.98 Å². The second kappa shape index (κ2) is 5.31. The van der Waals surface area contributed by atoms with Crippen molar-refractivity contribution < 1.29 is 4.74 Å². The number of amidine groups is 1. The van der Waals surface area contributed by atoms with Crippen molar-refractivity contribution in [2.24, 2.45) is 10.8 Å². The fourth-order valence-electron chi connectivity index (χ4n) is 1.18. The molecule has 0 aromatic carbocycles. The first-order chi connectivity index (χ1) is 7.19. The normalized spacial score (nSPS) is 11.7. The van der Waals surface area contributed by atoms with Gasteiger partial charge in [-0.25, -0.2) is 5.84 Å². The van der Waals surface area contributed by atoms with Crippen molar-refractivity contribution in [1.29, 1.82) is 0 Å². The van der Waals surface area contributed by atoms with E-state index in [1.165, 1.54) is 0 Å². The number of hydrazine groups is 1. The van der Waals surface area contributed by atoms with Crippen molar-refractivity contribution in [3.63, 3.8) is 0 Å². The molecule has 0 aliphatic carbocycles. The van der Waals surface area contributed by atoms with E-state index < -0.39 is 0 Å². The molecule has 1 heterocycles. The number of ether oxygens (including phenoxy) is 1. The Labute approximate surface area is 89.3 Å². The maximum atomic E-state index is 5.42. The largest absolute Gasteiger partial charge is 0.494 e. The standard InChI is InChI=1S/C10H16N4O/c1-7(2)13-10(14-11)8-4-5-12-6-9(8)15-3/h4-7H,11H2,1-3H3,(H,13,14). The van der Waals surface area contributed by atoms with E-state index in [9.17, 15) is 0 Å².